The van der Waals surface area contributed by atoms with Gasteiger partial charge in [-0.15, -0.1) is 0 Å². The lowest BCUT2D eigenvalue weighted by Crippen LogP contribution is -2.38. The smallest absolute Gasteiger partial charge is 0.0619 e. The predicted molar refractivity (Wildman–Crippen MR) is 71.1 cm³/mol. The molecule has 0 bridgehead atoms. The number of benzene rings is 1. The average Bonchev–Trinajstić information content (AvgIpc) is 2.66. The molecule has 2 nitrogen and oxygen atoms in total. The summed E-state index contributed by atoms with van der Waals surface area (Å²) in [6.07, 6.45) is 2.39. The van der Waals surface area contributed by atoms with Crippen LogP contribution in [0.1, 0.15) is 30.0 Å². The topological polar surface area (TPSA) is 35.2 Å². The van der Waals surface area contributed by atoms with Crippen molar-refractivity contribution in [3.8, 4) is 0 Å². The van der Waals surface area contributed by atoms with Gasteiger partial charge in [-0.2, -0.15) is 0 Å². The molecular weight excluding hydrogens is 210 g/mol. The van der Waals surface area contributed by atoms with E-state index in [0.29, 0.717) is 6.54 Å². The van der Waals surface area contributed by atoms with Crippen LogP contribution in [0.3, 0.4) is 0 Å². The minimum Gasteiger partial charge on any atom is -0.378 e. The van der Waals surface area contributed by atoms with Gasteiger partial charge in [-0.3, -0.25) is 0 Å². The van der Waals surface area contributed by atoms with Gasteiger partial charge in [0.25, 0.3) is 0 Å². The van der Waals surface area contributed by atoms with Gasteiger partial charge in [0.05, 0.1) is 6.10 Å². The van der Waals surface area contributed by atoms with E-state index in [0.717, 1.165) is 19.4 Å². The van der Waals surface area contributed by atoms with Gasteiger partial charge in [0.15, 0.2) is 0 Å². The number of hydrogen-bond donors (Lipinski definition) is 1. The Morgan fingerprint density at radius 1 is 1.41 bits per heavy atom. The fraction of sp³-hybridized carbons (Fsp3) is 0.600. The van der Waals surface area contributed by atoms with Crippen LogP contribution < -0.4 is 5.73 Å². The van der Waals surface area contributed by atoms with E-state index in [1.807, 2.05) is 0 Å². The Kier molecular flexibility index (Phi) is 3.55. The van der Waals surface area contributed by atoms with Crippen molar-refractivity contribution < 1.29 is 4.74 Å². The van der Waals surface area contributed by atoms with E-state index in [1.54, 1.807) is 0 Å². The summed E-state index contributed by atoms with van der Waals surface area (Å²) in [4.78, 5) is 0. The highest BCUT2D eigenvalue weighted by Crippen LogP contribution is 2.37. The van der Waals surface area contributed by atoms with Crippen LogP contribution in [-0.2, 0) is 11.2 Å². The summed E-state index contributed by atoms with van der Waals surface area (Å²) in [6, 6.07) is 6.66. The second kappa shape index (κ2) is 4.79. The van der Waals surface area contributed by atoms with Crippen LogP contribution >= 0.6 is 0 Å². The fourth-order valence-electron chi connectivity index (χ4n) is 2.76. The van der Waals surface area contributed by atoms with Crippen LogP contribution in [0.5, 0.6) is 0 Å². The molecule has 2 N–H and O–H groups in total. The molecule has 0 aromatic heterocycles. The van der Waals surface area contributed by atoms with E-state index < -0.39 is 0 Å². The molecule has 1 heterocycles. The van der Waals surface area contributed by atoms with Crippen LogP contribution in [0.4, 0.5) is 0 Å². The van der Waals surface area contributed by atoms with Gasteiger partial charge in [-0.05, 0) is 44.7 Å². The first-order chi connectivity index (χ1) is 8.07. The van der Waals surface area contributed by atoms with Gasteiger partial charge >= 0.3 is 0 Å². The third kappa shape index (κ3) is 2.38. The third-order valence-electron chi connectivity index (χ3n) is 4.28. The maximum Gasteiger partial charge on any atom is 0.0619 e. The monoisotopic (exact) mass is 233 g/mol. The summed E-state index contributed by atoms with van der Waals surface area (Å²) in [6.45, 7) is 8.04. The highest BCUT2D eigenvalue weighted by atomic mass is 16.5. The SMILES string of the molecule is Cc1ccc(C)c(CC2(CN)CCOC2C)c1. The number of ether oxygens (including phenoxy) is 1. The number of hydrogen-bond acceptors (Lipinski definition) is 2. The first kappa shape index (κ1) is 12.6. The highest BCUT2D eigenvalue weighted by molar-refractivity contribution is 5.31. The van der Waals surface area contributed by atoms with Crippen LogP contribution in [-0.4, -0.2) is 19.3 Å². The van der Waals surface area contributed by atoms with Crippen molar-refractivity contribution in [3.63, 3.8) is 0 Å². The summed E-state index contributed by atoms with van der Waals surface area (Å²) in [7, 11) is 0. The molecule has 1 aromatic rings. The van der Waals surface area contributed by atoms with Gasteiger partial charge < -0.3 is 10.5 Å². The molecule has 2 heteroatoms. The Labute approximate surface area is 104 Å². The molecule has 2 rings (SSSR count). The minimum absolute atomic E-state index is 0.137. The summed E-state index contributed by atoms with van der Waals surface area (Å²) in [5, 5.41) is 0. The normalized spacial score (nSPS) is 28.6. The minimum atomic E-state index is 0.137. The molecular formula is C15H23NO. The number of aryl methyl sites for hydroxylation is 2. The largest absolute Gasteiger partial charge is 0.378 e. The van der Waals surface area contributed by atoms with E-state index in [-0.39, 0.29) is 11.5 Å². The summed E-state index contributed by atoms with van der Waals surface area (Å²) in [5.74, 6) is 0. The molecule has 17 heavy (non-hydrogen) atoms. The molecule has 94 valence electrons. The molecule has 2 atom stereocenters. The molecule has 1 aromatic carbocycles. The van der Waals surface area contributed by atoms with E-state index in [1.165, 1.54) is 16.7 Å². The third-order valence-corrected chi connectivity index (χ3v) is 4.28. The molecule has 0 radical (unpaired) electrons. The standard InChI is InChI=1S/C15H23NO/c1-11-4-5-12(2)14(8-11)9-15(10-16)6-7-17-13(15)3/h4-5,8,13H,6-7,9-10,16H2,1-3H3. The Morgan fingerprint density at radius 3 is 2.76 bits per heavy atom. The Morgan fingerprint density at radius 2 is 2.18 bits per heavy atom. The van der Waals surface area contributed by atoms with Gasteiger partial charge in [0.2, 0.25) is 0 Å². The Bertz CT molecular complexity index is 402. The zero-order chi connectivity index (χ0) is 12.5. The summed E-state index contributed by atoms with van der Waals surface area (Å²) in [5.41, 5.74) is 10.3. The molecule has 0 saturated carbocycles. The lowest BCUT2D eigenvalue weighted by molar-refractivity contribution is 0.0673. The molecule has 1 fully saturated rings. The highest BCUT2D eigenvalue weighted by Gasteiger charge is 2.40. The molecule has 0 amide bonds. The van der Waals surface area contributed by atoms with E-state index in [2.05, 4.69) is 39.0 Å². The van der Waals surface area contributed by atoms with E-state index in [9.17, 15) is 0 Å². The van der Waals surface area contributed by atoms with Crippen LogP contribution in [0.15, 0.2) is 18.2 Å². The lowest BCUT2D eigenvalue weighted by atomic mass is 9.75. The number of rotatable bonds is 3. The Hall–Kier alpha value is -0.860. The van der Waals surface area contributed by atoms with Gasteiger partial charge in [-0.1, -0.05) is 23.8 Å². The average molecular weight is 233 g/mol. The van der Waals surface area contributed by atoms with Crippen molar-refractivity contribution in [3.05, 3.63) is 34.9 Å². The number of nitrogens with two attached hydrogens (primary N) is 1. The molecule has 0 spiro atoms. The molecule has 0 aliphatic carbocycles. The maximum absolute atomic E-state index is 6.02. The Balaban J connectivity index is 2.27. The fourth-order valence-corrected chi connectivity index (χ4v) is 2.76. The van der Waals surface area contributed by atoms with Crippen molar-refractivity contribution >= 4 is 0 Å². The summed E-state index contributed by atoms with van der Waals surface area (Å²) >= 11 is 0. The molecule has 1 aliphatic rings. The zero-order valence-electron chi connectivity index (χ0n) is 11.1. The predicted octanol–water partition coefficient (Wildman–Crippen LogP) is 2.60. The van der Waals surface area contributed by atoms with Crippen LogP contribution in [0.25, 0.3) is 0 Å². The van der Waals surface area contributed by atoms with Gasteiger partial charge in [0.1, 0.15) is 0 Å². The summed E-state index contributed by atoms with van der Waals surface area (Å²) < 4.78 is 5.72. The second-order valence-corrected chi connectivity index (χ2v) is 5.44. The van der Waals surface area contributed by atoms with Crippen molar-refractivity contribution in [2.45, 2.75) is 39.7 Å². The van der Waals surface area contributed by atoms with Crippen LogP contribution in [0.2, 0.25) is 0 Å². The van der Waals surface area contributed by atoms with Crippen molar-refractivity contribution in [2.24, 2.45) is 11.1 Å². The van der Waals surface area contributed by atoms with Crippen molar-refractivity contribution in [1.82, 2.24) is 0 Å². The molecule has 1 saturated heterocycles. The quantitative estimate of drug-likeness (QED) is 0.871. The molecule has 2 unspecified atom stereocenters. The van der Waals surface area contributed by atoms with Crippen molar-refractivity contribution in [2.75, 3.05) is 13.2 Å². The lowest BCUT2D eigenvalue weighted by Gasteiger charge is -2.31. The molecule has 1 aliphatic heterocycles. The van der Waals surface area contributed by atoms with Crippen LogP contribution in [0, 0.1) is 19.3 Å². The second-order valence-electron chi connectivity index (χ2n) is 5.44. The van der Waals surface area contributed by atoms with Gasteiger partial charge in [-0.25, -0.2) is 0 Å². The van der Waals surface area contributed by atoms with E-state index >= 15 is 0 Å². The zero-order valence-corrected chi connectivity index (χ0v) is 11.1. The maximum atomic E-state index is 6.02. The van der Waals surface area contributed by atoms with Gasteiger partial charge in [0, 0.05) is 18.6 Å². The van der Waals surface area contributed by atoms with Crippen molar-refractivity contribution in [1.29, 1.82) is 0 Å². The first-order valence-corrected chi connectivity index (χ1v) is 6.45. The first-order valence-electron chi connectivity index (χ1n) is 6.45. The van der Waals surface area contributed by atoms with E-state index in [4.69, 9.17) is 10.5 Å².